The van der Waals surface area contributed by atoms with E-state index in [0.29, 0.717) is 19.3 Å². The van der Waals surface area contributed by atoms with Crippen molar-refractivity contribution in [1.29, 1.82) is 0 Å². The molecule has 5 N–H and O–H groups in total. The van der Waals surface area contributed by atoms with Gasteiger partial charge in [0, 0.05) is 0 Å². The van der Waals surface area contributed by atoms with E-state index in [0.717, 1.165) is 51.4 Å². The molecule has 4 unspecified atom stereocenters. The van der Waals surface area contributed by atoms with Gasteiger partial charge in [-0.25, -0.2) is 0 Å². The molecule has 0 fully saturated rings. The number of unbranched alkanes of at least 4 members (excludes halogenated alkanes) is 16. The fourth-order valence-corrected chi connectivity index (χ4v) is 4.85. The minimum atomic E-state index is -1.28. The van der Waals surface area contributed by atoms with Crippen molar-refractivity contribution in [2.24, 2.45) is 0 Å². The Labute approximate surface area is 246 Å². The number of hydrogen-bond donors (Lipinski definition) is 5. The number of carbonyl (C=O) groups is 1. The fraction of sp³-hybridized carbons (Fsp3) is 0.853. The van der Waals surface area contributed by atoms with Gasteiger partial charge in [-0.1, -0.05) is 122 Å². The van der Waals surface area contributed by atoms with Crippen LogP contribution in [0.3, 0.4) is 0 Å². The molecule has 0 saturated heterocycles. The molecular formula is C34H65NO5. The standard InChI is InChI=1S/C34H65NO5/c1-3-5-7-9-11-12-13-14-15-16-17-18-19-20-22-24-26-28-32(38)34(40)35-30(29-36)33(39)31(37)27-25-23-21-10-8-6-4-2/h10,17-18,21,30-33,36-39H,3-9,11-16,19-20,22-29H2,1-2H3,(H,35,40)/b18-17-,21-10+. The summed E-state index contributed by atoms with van der Waals surface area (Å²) in [7, 11) is 0. The largest absolute Gasteiger partial charge is 0.394 e. The smallest absolute Gasteiger partial charge is 0.249 e. The van der Waals surface area contributed by atoms with E-state index >= 15 is 0 Å². The quantitative estimate of drug-likeness (QED) is 0.0482. The Hall–Kier alpha value is -1.21. The lowest BCUT2D eigenvalue weighted by Gasteiger charge is -2.27. The van der Waals surface area contributed by atoms with Gasteiger partial charge in [-0.05, 0) is 57.8 Å². The molecule has 0 bridgehead atoms. The molecule has 236 valence electrons. The number of hydrogen-bond acceptors (Lipinski definition) is 5. The molecule has 0 rings (SSSR count). The summed E-state index contributed by atoms with van der Waals surface area (Å²) in [6.07, 6.45) is 29.4. The molecule has 1 amide bonds. The van der Waals surface area contributed by atoms with E-state index in [9.17, 15) is 25.2 Å². The van der Waals surface area contributed by atoms with Crippen LogP contribution in [0.4, 0.5) is 0 Å². The van der Waals surface area contributed by atoms with Crippen LogP contribution in [0.2, 0.25) is 0 Å². The lowest BCUT2D eigenvalue weighted by molar-refractivity contribution is -0.132. The van der Waals surface area contributed by atoms with E-state index in [1.54, 1.807) is 0 Å². The third kappa shape index (κ3) is 23.5. The predicted octanol–water partition coefficient (Wildman–Crippen LogP) is 7.28. The molecule has 0 aliphatic heterocycles. The Morgan fingerprint density at radius 1 is 0.600 bits per heavy atom. The van der Waals surface area contributed by atoms with Gasteiger partial charge in [-0.2, -0.15) is 0 Å². The lowest BCUT2D eigenvalue weighted by Crippen LogP contribution is -2.53. The number of aliphatic hydroxyl groups is 4. The van der Waals surface area contributed by atoms with Gasteiger partial charge in [0.05, 0.1) is 18.8 Å². The highest BCUT2D eigenvalue weighted by Crippen LogP contribution is 2.13. The Bertz CT molecular complexity index is 609. The van der Waals surface area contributed by atoms with Crippen LogP contribution in [0, 0.1) is 0 Å². The molecule has 0 aromatic heterocycles. The maximum absolute atomic E-state index is 12.3. The Morgan fingerprint density at radius 3 is 1.57 bits per heavy atom. The summed E-state index contributed by atoms with van der Waals surface area (Å²) < 4.78 is 0. The molecule has 40 heavy (non-hydrogen) atoms. The number of amides is 1. The van der Waals surface area contributed by atoms with Crippen LogP contribution >= 0.6 is 0 Å². The van der Waals surface area contributed by atoms with E-state index in [4.69, 9.17) is 0 Å². The van der Waals surface area contributed by atoms with Crippen LogP contribution in [-0.4, -0.2) is 57.3 Å². The average molecular weight is 568 g/mol. The highest BCUT2D eigenvalue weighted by Gasteiger charge is 2.28. The first-order valence-corrected chi connectivity index (χ1v) is 16.7. The van der Waals surface area contributed by atoms with Crippen LogP contribution in [0.25, 0.3) is 0 Å². The van der Waals surface area contributed by atoms with Crippen LogP contribution in [0.1, 0.15) is 155 Å². The third-order valence-electron chi connectivity index (χ3n) is 7.63. The molecule has 0 aromatic carbocycles. The first-order valence-electron chi connectivity index (χ1n) is 16.7. The zero-order valence-electron chi connectivity index (χ0n) is 26.1. The molecule has 0 saturated carbocycles. The molecule has 6 heteroatoms. The van der Waals surface area contributed by atoms with Gasteiger partial charge < -0.3 is 25.7 Å². The minimum Gasteiger partial charge on any atom is -0.394 e. The summed E-state index contributed by atoms with van der Waals surface area (Å²) >= 11 is 0. The maximum atomic E-state index is 12.3. The van der Waals surface area contributed by atoms with Gasteiger partial charge in [0.2, 0.25) is 5.91 Å². The van der Waals surface area contributed by atoms with E-state index in [2.05, 4.69) is 43.5 Å². The molecular weight excluding hydrogens is 502 g/mol. The van der Waals surface area contributed by atoms with Gasteiger partial charge in [0.1, 0.15) is 12.2 Å². The van der Waals surface area contributed by atoms with E-state index in [-0.39, 0.29) is 0 Å². The lowest BCUT2D eigenvalue weighted by atomic mass is 10.00. The van der Waals surface area contributed by atoms with Gasteiger partial charge in [0.25, 0.3) is 0 Å². The number of nitrogens with one attached hydrogen (secondary N) is 1. The number of carbonyl (C=O) groups excluding carboxylic acids is 1. The highest BCUT2D eigenvalue weighted by molar-refractivity contribution is 5.80. The van der Waals surface area contributed by atoms with Crippen LogP contribution in [-0.2, 0) is 4.79 Å². The van der Waals surface area contributed by atoms with Crippen molar-refractivity contribution in [2.75, 3.05) is 6.61 Å². The maximum Gasteiger partial charge on any atom is 0.249 e. The first kappa shape index (κ1) is 38.8. The first-order chi connectivity index (χ1) is 19.5. The van der Waals surface area contributed by atoms with Crippen molar-refractivity contribution in [2.45, 2.75) is 179 Å². The topological polar surface area (TPSA) is 110 Å². The molecule has 0 aliphatic carbocycles. The van der Waals surface area contributed by atoms with E-state index in [1.807, 2.05) is 0 Å². The molecule has 0 heterocycles. The molecule has 6 nitrogen and oxygen atoms in total. The van der Waals surface area contributed by atoms with Crippen LogP contribution in [0.5, 0.6) is 0 Å². The summed E-state index contributed by atoms with van der Waals surface area (Å²) in [5.41, 5.74) is 0. The summed E-state index contributed by atoms with van der Waals surface area (Å²) in [6.45, 7) is 3.92. The second-order valence-corrected chi connectivity index (χ2v) is 11.5. The van der Waals surface area contributed by atoms with Gasteiger partial charge in [-0.3, -0.25) is 4.79 Å². The van der Waals surface area contributed by atoms with Crippen molar-refractivity contribution >= 4 is 5.91 Å². The van der Waals surface area contributed by atoms with Crippen molar-refractivity contribution in [3.8, 4) is 0 Å². The normalized spacial score (nSPS) is 15.1. The second-order valence-electron chi connectivity index (χ2n) is 11.5. The second kappa shape index (κ2) is 29.3. The number of aliphatic hydroxyl groups excluding tert-OH is 4. The fourth-order valence-electron chi connectivity index (χ4n) is 4.85. The number of allylic oxidation sites excluding steroid dienone is 4. The van der Waals surface area contributed by atoms with E-state index < -0.39 is 36.9 Å². The SMILES string of the molecule is CCCC/C=C/CCCC(O)C(O)C(CO)NC(=O)C(O)CCCCCC/C=C\CCCCCCCCCCC. The summed E-state index contributed by atoms with van der Waals surface area (Å²) in [6, 6.07) is -1.00. The summed E-state index contributed by atoms with van der Waals surface area (Å²) in [4.78, 5) is 12.3. The highest BCUT2D eigenvalue weighted by atomic mass is 16.3. The van der Waals surface area contributed by atoms with Crippen molar-refractivity contribution in [3.05, 3.63) is 24.3 Å². The molecule has 0 aromatic rings. The van der Waals surface area contributed by atoms with Crippen molar-refractivity contribution in [3.63, 3.8) is 0 Å². The zero-order chi connectivity index (χ0) is 29.7. The number of rotatable bonds is 29. The zero-order valence-corrected chi connectivity index (χ0v) is 26.1. The third-order valence-corrected chi connectivity index (χ3v) is 7.63. The van der Waals surface area contributed by atoms with Gasteiger partial charge in [0.15, 0.2) is 0 Å². The molecule has 0 aliphatic rings. The van der Waals surface area contributed by atoms with Gasteiger partial charge >= 0.3 is 0 Å². The molecule has 0 spiro atoms. The minimum absolute atomic E-state index is 0.349. The van der Waals surface area contributed by atoms with Crippen LogP contribution in [0.15, 0.2) is 24.3 Å². The monoisotopic (exact) mass is 567 g/mol. The Morgan fingerprint density at radius 2 is 1.05 bits per heavy atom. The van der Waals surface area contributed by atoms with Crippen LogP contribution < -0.4 is 5.32 Å². The Balaban J connectivity index is 3.84. The average Bonchev–Trinajstić information content (AvgIpc) is 2.96. The van der Waals surface area contributed by atoms with Crippen molar-refractivity contribution in [1.82, 2.24) is 5.32 Å². The summed E-state index contributed by atoms with van der Waals surface area (Å²) in [5, 5.41) is 43.0. The predicted molar refractivity (Wildman–Crippen MR) is 168 cm³/mol. The molecule has 4 atom stereocenters. The summed E-state index contributed by atoms with van der Waals surface area (Å²) in [5.74, 6) is -0.608. The Kier molecular flexibility index (Phi) is 28.4. The van der Waals surface area contributed by atoms with E-state index in [1.165, 1.54) is 70.6 Å². The van der Waals surface area contributed by atoms with Crippen molar-refractivity contribution < 1.29 is 25.2 Å². The van der Waals surface area contributed by atoms with Gasteiger partial charge in [-0.15, -0.1) is 0 Å². The molecule has 0 radical (unpaired) electrons.